The van der Waals surface area contributed by atoms with Crippen molar-refractivity contribution < 1.29 is 14.3 Å². The van der Waals surface area contributed by atoms with Crippen LogP contribution >= 0.6 is 11.6 Å². The second-order valence-electron chi connectivity index (χ2n) is 4.47. The molecule has 21 heavy (non-hydrogen) atoms. The molecule has 0 fully saturated rings. The SMILES string of the molecule is CCOC(=O)[C@H](C(=O)c1ccc(Cl)cc1)c1ccccc1. The molecule has 0 saturated heterocycles. The van der Waals surface area contributed by atoms with Crippen molar-refractivity contribution in [2.24, 2.45) is 0 Å². The van der Waals surface area contributed by atoms with Crippen molar-refractivity contribution >= 4 is 23.4 Å². The summed E-state index contributed by atoms with van der Waals surface area (Å²) in [6.07, 6.45) is 0. The number of carbonyl (C=O) groups excluding carboxylic acids is 2. The quantitative estimate of drug-likeness (QED) is 0.478. The van der Waals surface area contributed by atoms with E-state index >= 15 is 0 Å². The van der Waals surface area contributed by atoms with Crippen molar-refractivity contribution in [3.63, 3.8) is 0 Å². The molecule has 0 saturated carbocycles. The average Bonchev–Trinajstić information content (AvgIpc) is 2.49. The molecule has 0 heterocycles. The van der Waals surface area contributed by atoms with Gasteiger partial charge in [0.15, 0.2) is 5.78 Å². The number of benzene rings is 2. The van der Waals surface area contributed by atoms with Gasteiger partial charge in [-0.2, -0.15) is 0 Å². The Labute approximate surface area is 128 Å². The predicted octanol–water partition coefficient (Wildman–Crippen LogP) is 3.87. The summed E-state index contributed by atoms with van der Waals surface area (Å²) in [6.45, 7) is 1.95. The Morgan fingerprint density at radius 1 is 1.05 bits per heavy atom. The van der Waals surface area contributed by atoms with E-state index in [2.05, 4.69) is 0 Å². The Balaban J connectivity index is 2.37. The summed E-state index contributed by atoms with van der Waals surface area (Å²) in [5.74, 6) is -1.78. The minimum Gasteiger partial charge on any atom is -0.465 e. The summed E-state index contributed by atoms with van der Waals surface area (Å²) in [7, 11) is 0. The number of Topliss-reactive ketones (excluding diaryl/α,β-unsaturated/α-hetero) is 1. The smallest absolute Gasteiger partial charge is 0.321 e. The van der Waals surface area contributed by atoms with E-state index in [1.165, 1.54) is 0 Å². The minimum absolute atomic E-state index is 0.232. The van der Waals surface area contributed by atoms with Crippen molar-refractivity contribution in [1.82, 2.24) is 0 Å². The van der Waals surface area contributed by atoms with E-state index in [0.717, 1.165) is 0 Å². The Morgan fingerprint density at radius 2 is 1.67 bits per heavy atom. The number of ketones is 1. The van der Waals surface area contributed by atoms with Crippen molar-refractivity contribution in [1.29, 1.82) is 0 Å². The van der Waals surface area contributed by atoms with E-state index < -0.39 is 11.9 Å². The van der Waals surface area contributed by atoms with Gasteiger partial charge in [0.25, 0.3) is 0 Å². The molecule has 2 aromatic rings. The van der Waals surface area contributed by atoms with Crippen LogP contribution in [0.2, 0.25) is 5.02 Å². The number of rotatable bonds is 5. The zero-order chi connectivity index (χ0) is 15.2. The molecule has 0 N–H and O–H groups in total. The van der Waals surface area contributed by atoms with Crippen LogP contribution in [0.4, 0.5) is 0 Å². The average molecular weight is 303 g/mol. The summed E-state index contributed by atoms with van der Waals surface area (Å²) < 4.78 is 5.04. The Hall–Kier alpha value is -2.13. The van der Waals surface area contributed by atoms with Gasteiger partial charge in [0, 0.05) is 10.6 Å². The molecule has 0 aliphatic carbocycles. The third-order valence-electron chi connectivity index (χ3n) is 3.05. The highest BCUT2D eigenvalue weighted by molar-refractivity contribution is 6.30. The second kappa shape index (κ2) is 7.04. The van der Waals surface area contributed by atoms with E-state index in [4.69, 9.17) is 16.3 Å². The van der Waals surface area contributed by atoms with Gasteiger partial charge in [0.05, 0.1) is 6.61 Å². The molecule has 0 aromatic heterocycles. The van der Waals surface area contributed by atoms with E-state index in [0.29, 0.717) is 16.1 Å². The molecule has 0 unspecified atom stereocenters. The largest absolute Gasteiger partial charge is 0.465 e. The first-order valence-corrected chi connectivity index (χ1v) is 7.02. The fourth-order valence-electron chi connectivity index (χ4n) is 2.05. The summed E-state index contributed by atoms with van der Waals surface area (Å²) in [5.41, 5.74) is 1.05. The molecule has 0 aliphatic rings. The Morgan fingerprint density at radius 3 is 2.24 bits per heavy atom. The van der Waals surface area contributed by atoms with Crippen LogP contribution in [0.15, 0.2) is 54.6 Å². The standard InChI is InChI=1S/C17H15ClO3/c1-2-21-17(20)15(12-6-4-3-5-7-12)16(19)13-8-10-14(18)11-9-13/h3-11,15H,2H2,1H3/t15-/m0/s1. The molecule has 0 spiro atoms. The van der Waals surface area contributed by atoms with Gasteiger partial charge in [-0.1, -0.05) is 41.9 Å². The van der Waals surface area contributed by atoms with Crippen LogP contribution in [0.5, 0.6) is 0 Å². The molecule has 2 rings (SSSR count). The molecule has 2 aromatic carbocycles. The van der Waals surface area contributed by atoms with Crippen LogP contribution in [0.1, 0.15) is 28.8 Å². The van der Waals surface area contributed by atoms with Crippen molar-refractivity contribution in [2.75, 3.05) is 6.61 Å². The Bertz CT molecular complexity index is 620. The van der Waals surface area contributed by atoms with Gasteiger partial charge in [0.2, 0.25) is 0 Å². The van der Waals surface area contributed by atoms with Crippen LogP contribution in [0, 0.1) is 0 Å². The highest BCUT2D eigenvalue weighted by atomic mass is 35.5. The molecule has 0 radical (unpaired) electrons. The zero-order valence-electron chi connectivity index (χ0n) is 11.6. The van der Waals surface area contributed by atoms with E-state index in [9.17, 15) is 9.59 Å². The molecule has 108 valence electrons. The van der Waals surface area contributed by atoms with E-state index in [-0.39, 0.29) is 12.4 Å². The zero-order valence-corrected chi connectivity index (χ0v) is 12.3. The lowest BCUT2D eigenvalue weighted by Gasteiger charge is -2.15. The molecule has 3 nitrogen and oxygen atoms in total. The number of hydrogen-bond donors (Lipinski definition) is 0. The van der Waals surface area contributed by atoms with Crippen LogP contribution in [-0.2, 0) is 9.53 Å². The lowest BCUT2D eigenvalue weighted by molar-refractivity contribution is -0.143. The van der Waals surface area contributed by atoms with Gasteiger partial charge < -0.3 is 4.74 Å². The highest BCUT2D eigenvalue weighted by Gasteiger charge is 2.30. The summed E-state index contributed by atoms with van der Waals surface area (Å²) in [4.78, 5) is 24.8. The molecule has 0 amide bonds. The first-order chi connectivity index (χ1) is 10.1. The number of ether oxygens (including phenoxy) is 1. The summed E-state index contributed by atoms with van der Waals surface area (Å²) in [6, 6.07) is 15.4. The van der Waals surface area contributed by atoms with Crippen LogP contribution in [-0.4, -0.2) is 18.4 Å². The summed E-state index contributed by atoms with van der Waals surface area (Å²) in [5, 5.41) is 0.541. The maximum absolute atomic E-state index is 12.6. The van der Waals surface area contributed by atoms with Gasteiger partial charge in [-0.05, 0) is 36.8 Å². The van der Waals surface area contributed by atoms with Crippen molar-refractivity contribution in [2.45, 2.75) is 12.8 Å². The summed E-state index contributed by atoms with van der Waals surface area (Å²) >= 11 is 5.82. The lowest BCUT2D eigenvalue weighted by Crippen LogP contribution is -2.24. The van der Waals surface area contributed by atoms with Crippen molar-refractivity contribution in [3.8, 4) is 0 Å². The third kappa shape index (κ3) is 3.70. The minimum atomic E-state index is -0.952. The molecular weight excluding hydrogens is 288 g/mol. The first-order valence-electron chi connectivity index (χ1n) is 6.65. The monoisotopic (exact) mass is 302 g/mol. The molecule has 0 bridgehead atoms. The normalized spacial score (nSPS) is 11.7. The van der Waals surface area contributed by atoms with E-state index in [1.54, 1.807) is 55.5 Å². The second-order valence-corrected chi connectivity index (χ2v) is 4.90. The number of hydrogen-bond acceptors (Lipinski definition) is 3. The number of esters is 1. The fraction of sp³-hybridized carbons (Fsp3) is 0.176. The predicted molar refractivity (Wildman–Crippen MR) is 81.6 cm³/mol. The maximum Gasteiger partial charge on any atom is 0.321 e. The van der Waals surface area contributed by atoms with Gasteiger partial charge in [-0.15, -0.1) is 0 Å². The Kier molecular flexibility index (Phi) is 5.12. The maximum atomic E-state index is 12.6. The van der Waals surface area contributed by atoms with Gasteiger partial charge >= 0.3 is 5.97 Å². The number of carbonyl (C=O) groups is 2. The third-order valence-corrected chi connectivity index (χ3v) is 3.30. The van der Waals surface area contributed by atoms with E-state index in [1.807, 2.05) is 6.07 Å². The van der Waals surface area contributed by atoms with Crippen LogP contribution in [0.25, 0.3) is 0 Å². The molecule has 0 aliphatic heterocycles. The van der Waals surface area contributed by atoms with Crippen LogP contribution in [0.3, 0.4) is 0 Å². The van der Waals surface area contributed by atoms with Gasteiger partial charge in [-0.25, -0.2) is 0 Å². The fourth-order valence-corrected chi connectivity index (χ4v) is 2.17. The topological polar surface area (TPSA) is 43.4 Å². The van der Waals surface area contributed by atoms with Gasteiger partial charge in [0.1, 0.15) is 5.92 Å². The molecule has 1 atom stereocenters. The van der Waals surface area contributed by atoms with Crippen molar-refractivity contribution in [3.05, 3.63) is 70.7 Å². The lowest BCUT2D eigenvalue weighted by atomic mass is 9.91. The highest BCUT2D eigenvalue weighted by Crippen LogP contribution is 2.23. The molecular formula is C17H15ClO3. The van der Waals surface area contributed by atoms with Gasteiger partial charge in [-0.3, -0.25) is 9.59 Å². The number of halogens is 1. The molecule has 4 heteroatoms. The first kappa shape index (κ1) is 15.3. The van der Waals surface area contributed by atoms with Crippen LogP contribution < -0.4 is 0 Å².